The van der Waals surface area contributed by atoms with E-state index in [0.717, 1.165) is 0 Å². The van der Waals surface area contributed by atoms with E-state index in [1.165, 1.54) is 32.1 Å². The van der Waals surface area contributed by atoms with Gasteiger partial charge in [0.2, 0.25) is 0 Å². The standard InChI is InChI=1S/C5H12.C4H10.CH3I.I3/c1-3-5-4-2;1-3-4-2;1-2;1-3-2/h3-5H2,1-2H3;3-4H2,1-2H3;1H3;/q;;;-1. The minimum absolute atomic E-state index is 0.530. The quantitative estimate of drug-likeness (QED) is 0.322. The van der Waals surface area contributed by atoms with Gasteiger partial charge in [-0.25, -0.2) is 0 Å². The summed E-state index contributed by atoms with van der Waals surface area (Å²) in [5.41, 5.74) is 0. The second-order valence-corrected chi connectivity index (χ2v) is 18.7. The first kappa shape index (κ1) is 25.7. The molecular weight excluding hydrogens is 628 g/mol. The van der Waals surface area contributed by atoms with Crippen LogP contribution in [0.5, 0.6) is 0 Å². The molecule has 0 aliphatic rings. The van der Waals surface area contributed by atoms with Crippen LogP contribution >= 0.6 is 59.8 Å². The average molecular weight is 653 g/mol. The summed E-state index contributed by atoms with van der Waals surface area (Å²) in [5.74, 6) is 0. The van der Waals surface area contributed by atoms with Gasteiger partial charge in [0, 0.05) is 0 Å². The number of halogens is 4. The number of rotatable bonds is 3. The summed E-state index contributed by atoms with van der Waals surface area (Å²) in [6.45, 7) is 8.78. The van der Waals surface area contributed by atoms with E-state index in [-0.39, 0.29) is 0 Å². The van der Waals surface area contributed by atoms with E-state index in [4.69, 9.17) is 0 Å². The van der Waals surface area contributed by atoms with Crippen LogP contribution in [0.25, 0.3) is 0 Å². The molecule has 0 saturated heterocycles. The third-order valence-electron chi connectivity index (χ3n) is 1.21. The molecule has 0 atom stereocenters. The Kier molecular flexibility index (Phi) is 81.7. The van der Waals surface area contributed by atoms with Gasteiger partial charge in [-0.1, -0.05) is 82.4 Å². The molecule has 0 nitrogen and oxygen atoms in total. The van der Waals surface area contributed by atoms with Crippen molar-refractivity contribution >= 4 is 59.8 Å². The Morgan fingerprint density at radius 1 is 0.714 bits per heavy atom. The average Bonchev–Trinajstić information content (AvgIpc) is 2.24. The van der Waals surface area contributed by atoms with Gasteiger partial charge in [-0.2, -0.15) is 0 Å². The number of hydrogen-bond acceptors (Lipinski definition) is 0. The van der Waals surface area contributed by atoms with E-state index in [9.17, 15) is 0 Å². The van der Waals surface area contributed by atoms with Gasteiger partial charge in [0.25, 0.3) is 0 Å². The maximum atomic E-state index is 2.39. The van der Waals surface area contributed by atoms with Crippen LogP contribution < -0.4 is 13.3 Å². The van der Waals surface area contributed by atoms with Crippen molar-refractivity contribution in [1.82, 2.24) is 0 Å². The molecule has 0 aromatic rings. The molecule has 94 valence electrons. The van der Waals surface area contributed by atoms with Crippen molar-refractivity contribution in [1.29, 1.82) is 0 Å². The second-order valence-electron chi connectivity index (χ2n) is 2.41. The summed E-state index contributed by atoms with van der Waals surface area (Å²) in [6, 6.07) is 0. The molecule has 0 radical (unpaired) electrons. The van der Waals surface area contributed by atoms with Gasteiger partial charge in [0.05, 0.1) is 0 Å². The summed E-state index contributed by atoms with van der Waals surface area (Å²) in [5, 5.41) is 0. The Labute approximate surface area is 135 Å². The first-order valence-electron chi connectivity index (χ1n) is 4.99. The van der Waals surface area contributed by atoms with Gasteiger partial charge in [-0.05, 0) is 4.93 Å². The molecular formula is C10H25I4-. The molecule has 4 heteroatoms. The first-order valence-corrected chi connectivity index (χ1v) is 19.7. The Morgan fingerprint density at radius 3 is 0.929 bits per heavy atom. The topological polar surface area (TPSA) is 0 Å². The number of hydrogen-bond donors (Lipinski definition) is 0. The summed E-state index contributed by atoms with van der Waals surface area (Å²) >= 11 is 7.45. The van der Waals surface area contributed by atoms with E-state index in [1.54, 1.807) is 0 Å². The van der Waals surface area contributed by atoms with Crippen molar-refractivity contribution in [3.8, 4) is 0 Å². The van der Waals surface area contributed by atoms with E-state index in [2.05, 4.69) is 87.5 Å². The van der Waals surface area contributed by atoms with Crippen LogP contribution in [0.15, 0.2) is 0 Å². The van der Waals surface area contributed by atoms with E-state index in [1.807, 2.05) is 4.93 Å². The van der Waals surface area contributed by atoms with Crippen LogP contribution in [0.3, 0.4) is 0 Å². The van der Waals surface area contributed by atoms with E-state index >= 15 is 0 Å². The van der Waals surface area contributed by atoms with Crippen molar-refractivity contribution in [2.45, 2.75) is 59.8 Å². The third kappa shape index (κ3) is 82.5. The molecule has 0 rings (SSSR count). The molecule has 0 aromatic heterocycles. The van der Waals surface area contributed by atoms with Crippen LogP contribution in [-0.4, -0.2) is 4.93 Å². The zero-order valence-electron chi connectivity index (χ0n) is 10.0. The number of alkyl halides is 1. The van der Waals surface area contributed by atoms with Gasteiger partial charge in [-0.15, -0.1) is 0 Å². The summed E-state index contributed by atoms with van der Waals surface area (Å²) in [6.07, 6.45) is 6.72. The molecule has 0 aliphatic heterocycles. The molecule has 0 aliphatic carbocycles. The van der Waals surface area contributed by atoms with Crippen molar-refractivity contribution in [2.24, 2.45) is 0 Å². The monoisotopic (exact) mass is 653 g/mol. The van der Waals surface area contributed by atoms with Crippen molar-refractivity contribution < 1.29 is 13.3 Å². The minimum atomic E-state index is 0.530. The fourth-order valence-electron chi connectivity index (χ4n) is 0.354. The van der Waals surface area contributed by atoms with Crippen LogP contribution in [-0.2, 0) is 0 Å². The normalized spacial score (nSPS) is 7.14. The molecule has 0 unspecified atom stereocenters. The first-order chi connectivity index (χ1) is 6.74. The van der Waals surface area contributed by atoms with Crippen LogP contribution in [0.1, 0.15) is 59.8 Å². The van der Waals surface area contributed by atoms with Crippen molar-refractivity contribution in [2.75, 3.05) is 4.93 Å². The molecule has 0 N–H and O–H groups in total. The van der Waals surface area contributed by atoms with Gasteiger partial charge in [0.15, 0.2) is 0 Å². The Balaban J connectivity index is -0.0000000505. The summed E-state index contributed by atoms with van der Waals surface area (Å²) in [7, 11) is 0. The van der Waals surface area contributed by atoms with Gasteiger partial charge in [-0.3, -0.25) is 0 Å². The fraction of sp³-hybridized carbons (Fsp3) is 1.00. The molecule has 0 aromatic carbocycles. The Hall–Kier alpha value is 2.92. The zero-order chi connectivity index (χ0) is 12.2. The molecule has 0 spiro atoms. The van der Waals surface area contributed by atoms with Gasteiger partial charge < -0.3 is 0 Å². The molecule has 0 heterocycles. The van der Waals surface area contributed by atoms with E-state index in [0.29, 0.717) is 13.3 Å². The maximum absolute atomic E-state index is 2.39. The van der Waals surface area contributed by atoms with Crippen molar-refractivity contribution in [3.63, 3.8) is 0 Å². The Bertz CT molecular complexity index is 39.1. The molecule has 0 fully saturated rings. The SMILES string of the molecule is CCCC.CCCCC.CI.I[I-]I. The van der Waals surface area contributed by atoms with Crippen LogP contribution in [0, 0.1) is 0 Å². The molecule has 0 amide bonds. The van der Waals surface area contributed by atoms with Gasteiger partial charge >= 0.3 is 50.5 Å². The molecule has 0 bridgehead atoms. The van der Waals surface area contributed by atoms with Gasteiger partial charge in [0.1, 0.15) is 0 Å². The number of unbranched alkanes of at least 4 members (excludes halogenated alkanes) is 3. The van der Waals surface area contributed by atoms with E-state index < -0.39 is 0 Å². The Morgan fingerprint density at radius 2 is 0.929 bits per heavy atom. The summed E-state index contributed by atoms with van der Waals surface area (Å²) < 4.78 is 0. The predicted molar refractivity (Wildman–Crippen MR) is 93.8 cm³/mol. The fourth-order valence-corrected chi connectivity index (χ4v) is 0.354. The van der Waals surface area contributed by atoms with Crippen LogP contribution in [0.2, 0.25) is 0 Å². The third-order valence-corrected chi connectivity index (χ3v) is 1.21. The second kappa shape index (κ2) is 44.5. The zero-order valence-corrected chi connectivity index (χ0v) is 18.7. The van der Waals surface area contributed by atoms with Crippen molar-refractivity contribution in [3.05, 3.63) is 0 Å². The predicted octanol–water partition coefficient (Wildman–Crippen LogP) is 3.83. The molecule has 14 heavy (non-hydrogen) atoms. The molecule has 0 saturated carbocycles. The van der Waals surface area contributed by atoms with Crippen LogP contribution in [0.4, 0.5) is 0 Å². The summed E-state index contributed by atoms with van der Waals surface area (Å²) in [4.78, 5) is 1.97.